The third-order valence-electron chi connectivity index (χ3n) is 5.65. The summed E-state index contributed by atoms with van der Waals surface area (Å²) >= 11 is 0. The lowest BCUT2D eigenvalue weighted by Crippen LogP contribution is -2.35. The van der Waals surface area contributed by atoms with Crippen LogP contribution < -0.4 is 0 Å². The van der Waals surface area contributed by atoms with Gasteiger partial charge < -0.3 is 5.11 Å². The number of unbranched alkanes of at least 4 members (excludes halogenated alkanes) is 2. The Labute approximate surface area is 178 Å². The molecule has 1 N–H and O–H groups in total. The number of benzene rings is 1. The topological polar surface area (TPSA) is 54.4 Å². The molecule has 0 aromatic heterocycles. The molecular formula is C25H40O3S. The molecule has 0 amide bonds. The Bertz CT molecular complexity index is 729. The lowest BCUT2D eigenvalue weighted by atomic mass is 9.72. The molecule has 0 fully saturated rings. The third-order valence-corrected chi connectivity index (χ3v) is 7.68. The Morgan fingerprint density at radius 3 is 2.28 bits per heavy atom. The average molecular weight is 421 g/mol. The molecular weight excluding hydrogens is 380 g/mol. The van der Waals surface area contributed by atoms with Crippen molar-refractivity contribution in [3.05, 3.63) is 55.1 Å². The van der Waals surface area contributed by atoms with Crippen LogP contribution in [0.2, 0.25) is 0 Å². The minimum Gasteiger partial charge on any atom is -0.390 e. The Kier molecular flexibility index (Phi) is 10.4. The van der Waals surface area contributed by atoms with Crippen LogP contribution in [0.4, 0.5) is 0 Å². The summed E-state index contributed by atoms with van der Waals surface area (Å²) in [7, 11) is -3.41. The zero-order valence-corrected chi connectivity index (χ0v) is 19.5. The summed E-state index contributed by atoms with van der Waals surface area (Å²) in [5.41, 5.74) is -1.15. The summed E-state index contributed by atoms with van der Waals surface area (Å²) < 4.78 is 26.4. The molecule has 0 radical (unpaired) electrons. The summed E-state index contributed by atoms with van der Waals surface area (Å²) in [6.07, 6.45) is 12.3. The summed E-state index contributed by atoms with van der Waals surface area (Å²) in [4.78, 5) is 0.383. The van der Waals surface area contributed by atoms with Crippen LogP contribution >= 0.6 is 0 Å². The Balaban J connectivity index is 3.19. The molecule has 0 aliphatic heterocycles. The van der Waals surface area contributed by atoms with Crippen LogP contribution in [0.25, 0.3) is 0 Å². The SMILES string of the molecule is C=C/C=C\[C@@H](CCCCC)[C@@](C)(CCCC(C)(C)O)CS(=O)(=O)c1ccccc1. The van der Waals surface area contributed by atoms with E-state index in [2.05, 4.69) is 26.5 Å². The molecule has 0 spiro atoms. The molecule has 2 atom stereocenters. The van der Waals surface area contributed by atoms with Gasteiger partial charge in [0.15, 0.2) is 9.84 Å². The highest BCUT2D eigenvalue weighted by atomic mass is 32.2. The zero-order chi connectivity index (χ0) is 22.0. The quantitative estimate of drug-likeness (QED) is 0.282. The van der Waals surface area contributed by atoms with Crippen molar-refractivity contribution < 1.29 is 13.5 Å². The van der Waals surface area contributed by atoms with Gasteiger partial charge in [0.1, 0.15) is 0 Å². The summed E-state index contributed by atoms with van der Waals surface area (Å²) in [6, 6.07) is 8.74. The van der Waals surface area contributed by atoms with Crippen molar-refractivity contribution in [2.45, 2.75) is 83.1 Å². The molecule has 0 bridgehead atoms. The summed E-state index contributed by atoms with van der Waals surface area (Å²) in [5.74, 6) is 0.251. The number of rotatable bonds is 14. The van der Waals surface area contributed by atoms with Gasteiger partial charge in [-0.2, -0.15) is 0 Å². The number of sulfone groups is 1. The number of allylic oxidation sites excluding steroid dienone is 3. The van der Waals surface area contributed by atoms with Crippen molar-refractivity contribution in [1.82, 2.24) is 0 Å². The first-order valence-corrected chi connectivity index (χ1v) is 12.5. The minimum atomic E-state index is -3.41. The van der Waals surface area contributed by atoms with Crippen molar-refractivity contribution >= 4 is 9.84 Å². The van der Waals surface area contributed by atoms with Crippen LogP contribution in [-0.2, 0) is 9.84 Å². The van der Waals surface area contributed by atoms with E-state index >= 15 is 0 Å². The van der Waals surface area contributed by atoms with E-state index < -0.39 is 20.9 Å². The normalized spacial score (nSPS) is 15.9. The number of hydrogen-bond donors (Lipinski definition) is 1. The van der Waals surface area contributed by atoms with Crippen molar-refractivity contribution in [3.63, 3.8) is 0 Å². The van der Waals surface area contributed by atoms with Crippen LogP contribution in [0.15, 0.2) is 60.0 Å². The van der Waals surface area contributed by atoms with E-state index in [9.17, 15) is 13.5 Å². The zero-order valence-electron chi connectivity index (χ0n) is 18.7. The first-order valence-electron chi connectivity index (χ1n) is 10.8. The second-order valence-electron chi connectivity index (χ2n) is 9.12. The van der Waals surface area contributed by atoms with E-state index in [0.717, 1.165) is 38.5 Å². The van der Waals surface area contributed by atoms with Gasteiger partial charge in [-0.05, 0) is 56.6 Å². The molecule has 3 nitrogen and oxygen atoms in total. The molecule has 29 heavy (non-hydrogen) atoms. The van der Waals surface area contributed by atoms with Gasteiger partial charge in [0.2, 0.25) is 0 Å². The van der Waals surface area contributed by atoms with Crippen molar-refractivity contribution in [2.24, 2.45) is 11.3 Å². The average Bonchev–Trinajstić information content (AvgIpc) is 2.63. The lowest BCUT2D eigenvalue weighted by Gasteiger charge is -2.37. The Hall–Kier alpha value is -1.39. The fourth-order valence-electron chi connectivity index (χ4n) is 3.94. The van der Waals surface area contributed by atoms with Crippen LogP contribution in [0.1, 0.15) is 72.6 Å². The molecule has 1 aromatic carbocycles. The van der Waals surface area contributed by atoms with Gasteiger partial charge in [-0.15, -0.1) is 0 Å². The van der Waals surface area contributed by atoms with Gasteiger partial charge in [-0.3, -0.25) is 0 Å². The Morgan fingerprint density at radius 1 is 1.07 bits per heavy atom. The predicted octanol–water partition coefficient (Wildman–Crippen LogP) is 6.35. The molecule has 1 aromatic rings. The van der Waals surface area contributed by atoms with E-state index in [0.29, 0.717) is 11.3 Å². The highest BCUT2D eigenvalue weighted by molar-refractivity contribution is 7.91. The Morgan fingerprint density at radius 2 is 1.72 bits per heavy atom. The standard InChI is InChI=1S/C25H40O3S/c1-6-8-11-16-22(15-9-7-2)25(5,20-14-19-24(3,4)26)21-29(27,28)23-17-12-10-13-18-23/h7,9-10,12-13,15,17-18,22,26H,2,6,8,11,14,16,19-21H2,1,3-5H3/b15-9-/t22-,25-/m0/s1. The maximum Gasteiger partial charge on any atom is 0.178 e. The predicted molar refractivity (Wildman–Crippen MR) is 124 cm³/mol. The maximum absolute atomic E-state index is 13.2. The highest BCUT2D eigenvalue weighted by Gasteiger charge is 2.37. The van der Waals surface area contributed by atoms with Gasteiger partial charge in [0, 0.05) is 0 Å². The number of aliphatic hydroxyl groups is 1. The highest BCUT2D eigenvalue weighted by Crippen LogP contribution is 2.40. The van der Waals surface area contributed by atoms with Crippen molar-refractivity contribution in [1.29, 1.82) is 0 Å². The minimum absolute atomic E-state index is 0.105. The van der Waals surface area contributed by atoms with Crippen molar-refractivity contribution in [2.75, 3.05) is 5.75 Å². The number of hydrogen-bond acceptors (Lipinski definition) is 3. The molecule has 0 aliphatic rings. The van der Waals surface area contributed by atoms with Crippen LogP contribution in [0.3, 0.4) is 0 Å². The fraction of sp³-hybridized carbons (Fsp3) is 0.600. The van der Waals surface area contributed by atoms with E-state index in [1.807, 2.05) is 12.1 Å². The molecule has 0 aliphatic carbocycles. The first kappa shape index (κ1) is 25.6. The molecule has 0 unspecified atom stereocenters. The first-order chi connectivity index (χ1) is 13.5. The van der Waals surface area contributed by atoms with Gasteiger partial charge in [-0.25, -0.2) is 8.42 Å². The smallest absolute Gasteiger partial charge is 0.178 e. The second-order valence-corrected chi connectivity index (χ2v) is 11.1. The maximum atomic E-state index is 13.2. The van der Waals surface area contributed by atoms with Gasteiger partial charge in [0.05, 0.1) is 16.2 Å². The van der Waals surface area contributed by atoms with E-state index in [1.54, 1.807) is 44.2 Å². The summed E-state index contributed by atoms with van der Waals surface area (Å²) in [6.45, 7) is 11.7. The molecule has 0 heterocycles. The van der Waals surface area contributed by atoms with Crippen LogP contribution in [-0.4, -0.2) is 24.9 Å². The third kappa shape index (κ3) is 9.31. The second kappa shape index (κ2) is 11.7. The van der Waals surface area contributed by atoms with Gasteiger partial charge >= 0.3 is 0 Å². The van der Waals surface area contributed by atoms with Crippen molar-refractivity contribution in [3.8, 4) is 0 Å². The van der Waals surface area contributed by atoms with Crippen LogP contribution in [0, 0.1) is 11.3 Å². The largest absolute Gasteiger partial charge is 0.390 e. The molecule has 0 saturated heterocycles. The van der Waals surface area contributed by atoms with E-state index in [4.69, 9.17) is 0 Å². The molecule has 1 rings (SSSR count). The lowest BCUT2D eigenvalue weighted by molar-refractivity contribution is 0.0627. The molecule has 164 valence electrons. The monoisotopic (exact) mass is 420 g/mol. The van der Waals surface area contributed by atoms with Crippen LogP contribution in [0.5, 0.6) is 0 Å². The van der Waals surface area contributed by atoms with E-state index in [-0.39, 0.29) is 11.7 Å². The molecule has 4 heteroatoms. The van der Waals surface area contributed by atoms with Gasteiger partial charge in [0.25, 0.3) is 0 Å². The fourth-order valence-corrected chi connectivity index (χ4v) is 5.90. The summed E-state index contributed by atoms with van der Waals surface area (Å²) in [5, 5.41) is 10.1. The molecule has 0 saturated carbocycles. The van der Waals surface area contributed by atoms with E-state index in [1.165, 1.54) is 0 Å². The van der Waals surface area contributed by atoms with Gasteiger partial charge in [-0.1, -0.05) is 82.5 Å².